The topological polar surface area (TPSA) is 31.0 Å². The van der Waals surface area contributed by atoms with E-state index in [1.165, 1.54) is 0 Å². The van der Waals surface area contributed by atoms with E-state index < -0.39 is 0 Å². The maximum absolute atomic E-state index is 5.60. The lowest BCUT2D eigenvalue weighted by Gasteiger charge is -2.16. The van der Waals surface area contributed by atoms with Crippen molar-refractivity contribution in [3.63, 3.8) is 0 Å². The minimum absolute atomic E-state index is 0.248. The SMILES string of the molecule is CC1(C)OCC(CC2CO2)O1. The van der Waals surface area contributed by atoms with Gasteiger partial charge in [0.05, 0.1) is 25.4 Å². The summed E-state index contributed by atoms with van der Waals surface area (Å²) in [5.74, 6) is -0.375. The summed E-state index contributed by atoms with van der Waals surface area (Å²) in [5.41, 5.74) is 0. The summed E-state index contributed by atoms with van der Waals surface area (Å²) >= 11 is 0. The number of hydrogen-bond acceptors (Lipinski definition) is 3. The minimum Gasteiger partial charge on any atom is -0.373 e. The van der Waals surface area contributed by atoms with Crippen LogP contribution in [0.15, 0.2) is 0 Å². The fourth-order valence-corrected chi connectivity index (χ4v) is 1.38. The summed E-state index contributed by atoms with van der Waals surface area (Å²) in [6.07, 6.45) is 1.68. The van der Waals surface area contributed by atoms with Crippen LogP contribution in [0.4, 0.5) is 0 Å². The molecular formula is C8H14O3. The van der Waals surface area contributed by atoms with Gasteiger partial charge in [0.2, 0.25) is 0 Å². The highest BCUT2D eigenvalue weighted by Crippen LogP contribution is 2.27. The standard InChI is InChI=1S/C8H14O3/c1-8(2)10-5-7(11-8)3-6-4-9-6/h6-7H,3-5H2,1-2H3. The Morgan fingerprint density at radius 3 is 2.45 bits per heavy atom. The van der Waals surface area contributed by atoms with E-state index in [1.54, 1.807) is 0 Å². The molecular weight excluding hydrogens is 144 g/mol. The van der Waals surface area contributed by atoms with Crippen LogP contribution < -0.4 is 0 Å². The predicted octanol–water partition coefficient (Wildman–Crippen LogP) is 0.927. The molecule has 0 bridgehead atoms. The second-order valence-electron chi connectivity index (χ2n) is 3.64. The molecule has 3 nitrogen and oxygen atoms in total. The molecule has 0 radical (unpaired) electrons. The van der Waals surface area contributed by atoms with Crippen molar-refractivity contribution in [1.29, 1.82) is 0 Å². The average Bonchev–Trinajstić information content (AvgIpc) is 2.61. The summed E-state index contributed by atoms with van der Waals surface area (Å²) < 4.78 is 16.1. The van der Waals surface area contributed by atoms with Crippen LogP contribution in [0.3, 0.4) is 0 Å². The quantitative estimate of drug-likeness (QED) is 0.560. The van der Waals surface area contributed by atoms with Crippen molar-refractivity contribution in [1.82, 2.24) is 0 Å². The van der Waals surface area contributed by atoms with Crippen LogP contribution in [0, 0.1) is 0 Å². The molecule has 0 aromatic rings. The van der Waals surface area contributed by atoms with Crippen molar-refractivity contribution in [3.8, 4) is 0 Å². The lowest BCUT2D eigenvalue weighted by atomic mass is 10.2. The molecule has 2 heterocycles. The molecule has 0 amide bonds. The molecule has 0 saturated carbocycles. The van der Waals surface area contributed by atoms with Crippen LogP contribution in [0.1, 0.15) is 20.3 Å². The molecule has 0 N–H and O–H groups in total. The molecule has 0 spiro atoms. The highest BCUT2D eigenvalue weighted by atomic mass is 16.7. The predicted molar refractivity (Wildman–Crippen MR) is 39.3 cm³/mol. The highest BCUT2D eigenvalue weighted by molar-refractivity contribution is 4.79. The largest absolute Gasteiger partial charge is 0.373 e. The van der Waals surface area contributed by atoms with E-state index >= 15 is 0 Å². The maximum Gasteiger partial charge on any atom is 0.163 e. The fourth-order valence-electron chi connectivity index (χ4n) is 1.38. The molecule has 0 aliphatic carbocycles. The van der Waals surface area contributed by atoms with Gasteiger partial charge in [-0.25, -0.2) is 0 Å². The third-order valence-electron chi connectivity index (χ3n) is 2.00. The summed E-state index contributed by atoms with van der Waals surface area (Å²) in [6, 6.07) is 0. The van der Waals surface area contributed by atoms with Crippen molar-refractivity contribution >= 4 is 0 Å². The summed E-state index contributed by atoms with van der Waals surface area (Å²) in [4.78, 5) is 0. The van der Waals surface area contributed by atoms with Crippen LogP contribution in [-0.2, 0) is 14.2 Å². The molecule has 2 atom stereocenters. The van der Waals surface area contributed by atoms with E-state index in [1.807, 2.05) is 13.8 Å². The first-order valence-corrected chi connectivity index (χ1v) is 4.09. The van der Waals surface area contributed by atoms with Gasteiger partial charge in [-0.1, -0.05) is 0 Å². The number of hydrogen-bond donors (Lipinski definition) is 0. The molecule has 2 aliphatic heterocycles. The average molecular weight is 158 g/mol. The van der Waals surface area contributed by atoms with Crippen LogP contribution in [-0.4, -0.2) is 31.2 Å². The Labute approximate surface area is 66.6 Å². The first kappa shape index (κ1) is 7.53. The van der Waals surface area contributed by atoms with E-state index in [4.69, 9.17) is 14.2 Å². The molecule has 0 aromatic carbocycles. The maximum atomic E-state index is 5.60. The number of ether oxygens (including phenoxy) is 3. The van der Waals surface area contributed by atoms with Gasteiger partial charge in [0.15, 0.2) is 5.79 Å². The Morgan fingerprint density at radius 2 is 2.00 bits per heavy atom. The van der Waals surface area contributed by atoms with Crippen LogP contribution >= 0.6 is 0 Å². The number of epoxide rings is 1. The Kier molecular flexibility index (Phi) is 1.67. The van der Waals surface area contributed by atoms with Crippen LogP contribution in [0.25, 0.3) is 0 Å². The van der Waals surface area contributed by atoms with E-state index in [2.05, 4.69) is 0 Å². The van der Waals surface area contributed by atoms with Crippen molar-refractivity contribution in [3.05, 3.63) is 0 Å². The molecule has 2 aliphatic rings. The van der Waals surface area contributed by atoms with Gasteiger partial charge in [0.1, 0.15) is 0 Å². The van der Waals surface area contributed by atoms with Gasteiger partial charge >= 0.3 is 0 Å². The van der Waals surface area contributed by atoms with Gasteiger partial charge in [0, 0.05) is 6.42 Å². The van der Waals surface area contributed by atoms with E-state index in [0.717, 1.165) is 13.0 Å². The van der Waals surface area contributed by atoms with Gasteiger partial charge < -0.3 is 14.2 Å². The molecule has 11 heavy (non-hydrogen) atoms. The highest BCUT2D eigenvalue weighted by Gasteiger charge is 2.36. The first-order valence-electron chi connectivity index (χ1n) is 4.09. The summed E-state index contributed by atoms with van der Waals surface area (Å²) in [7, 11) is 0. The lowest BCUT2D eigenvalue weighted by Crippen LogP contribution is -2.22. The summed E-state index contributed by atoms with van der Waals surface area (Å²) in [6.45, 7) is 5.51. The Hall–Kier alpha value is -0.120. The minimum atomic E-state index is -0.375. The van der Waals surface area contributed by atoms with E-state index in [-0.39, 0.29) is 11.9 Å². The molecule has 64 valence electrons. The zero-order chi connectivity index (χ0) is 7.90. The van der Waals surface area contributed by atoms with Gasteiger partial charge in [-0.3, -0.25) is 0 Å². The van der Waals surface area contributed by atoms with Crippen molar-refractivity contribution in [2.75, 3.05) is 13.2 Å². The Bertz CT molecular complexity index is 151. The molecule has 2 fully saturated rings. The summed E-state index contributed by atoms with van der Waals surface area (Å²) in [5, 5.41) is 0. The first-order chi connectivity index (χ1) is 5.16. The van der Waals surface area contributed by atoms with Gasteiger partial charge in [-0.05, 0) is 13.8 Å². The Balaban J connectivity index is 1.79. The second-order valence-corrected chi connectivity index (χ2v) is 3.64. The normalized spacial score (nSPS) is 40.9. The van der Waals surface area contributed by atoms with Gasteiger partial charge in [-0.15, -0.1) is 0 Å². The van der Waals surface area contributed by atoms with Crippen LogP contribution in [0.5, 0.6) is 0 Å². The third kappa shape index (κ3) is 1.92. The Morgan fingerprint density at radius 1 is 1.27 bits per heavy atom. The molecule has 3 heteroatoms. The fraction of sp³-hybridized carbons (Fsp3) is 1.00. The zero-order valence-electron chi connectivity index (χ0n) is 7.00. The van der Waals surface area contributed by atoms with Crippen molar-refractivity contribution in [2.45, 2.75) is 38.3 Å². The lowest BCUT2D eigenvalue weighted by molar-refractivity contribution is -0.139. The van der Waals surface area contributed by atoms with Crippen molar-refractivity contribution in [2.24, 2.45) is 0 Å². The van der Waals surface area contributed by atoms with Gasteiger partial charge in [0.25, 0.3) is 0 Å². The monoisotopic (exact) mass is 158 g/mol. The smallest absolute Gasteiger partial charge is 0.163 e. The van der Waals surface area contributed by atoms with Crippen molar-refractivity contribution < 1.29 is 14.2 Å². The molecule has 0 aromatic heterocycles. The zero-order valence-corrected chi connectivity index (χ0v) is 7.00. The molecule has 2 rings (SSSR count). The van der Waals surface area contributed by atoms with E-state index in [0.29, 0.717) is 12.7 Å². The second kappa shape index (κ2) is 2.44. The van der Waals surface area contributed by atoms with Gasteiger partial charge in [-0.2, -0.15) is 0 Å². The van der Waals surface area contributed by atoms with Crippen LogP contribution in [0.2, 0.25) is 0 Å². The molecule has 2 unspecified atom stereocenters. The molecule has 2 saturated heterocycles. The number of rotatable bonds is 2. The van der Waals surface area contributed by atoms with E-state index in [9.17, 15) is 0 Å². The third-order valence-corrected chi connectivity index (χ3v) is 2.00.